The average Bonchev–Trinajstić information content (AvgIpc) is 2.88. The van der Waals surface area contributed by atoms with Crippen LogP contribution in [-0.2, 0) is 11.3 Å². The van der Waals surface area contributed by atoms with Crippen molar-refractivity contribution in [3.63, 3.8) is 0 Å². The number of nitrogens with zero attached hydrogens (tertiary/aromatic N) is 2. The Morgan fingerprint density at radius 2 is 2.17 bits per heavy atom. The van der Waals surface area contributed by atoms with Gasteiger partial charge in [-0.05, 0) is 38.6 Å². The van der Waals surface area contributed by atoms with Crippen molar-refractivity contribution in [3.05, 3.63) is 18.7 Å². The molecule has 1 amide bonds. The predicted octanol–water partition coefficient (Wildman–Crippen LogP) is 0.907. The summed E-state index contributed by atoms with van der Waals surface area (Å²) in [4.78, 5) is 15.1. The lowest BCUT2D eigenvalue weighted by Gasteiger charge is -2.27. The molecule has 5 nitrogen and oxygen atoms in total. The van der Waals surface area contributed by atoms with Gasteiger partial charge in [0.15, 0.2) is 0 Å². The SMILES string of the molecule is NC(=O)C1CCC(NCCCn2ccnc2)CC1. The smallest absolute Gasteiger partial charge is 0.220 e. The maximum atomic E-state index is 11.0. The van der Waals surface area contributed by atoms with Crippen molar-refractivity contribution in [1.82, 2.24) is 14.9 Å². The van der Waals surface area contributed by atoms with Gasteiger partial charge < -0.3 is 15.6 Å². The molecule has 18 heavy (non-hydrogen) atoms. The van der Waals surface area contributed by atoms with E-state index in [1.165, 1.54) is 0 Å². The molecule has 0 unspecified atom stereocenters. The summed E-state index contributed by atoms with van der Waals surface area (Å²) in [5.74, 6) is -0.0254. The largest absolute Gasteiger partial charge is 0.369 e. The van der Waals surface area contributed by atoms with Gasteiger partial charge in [-0.1, -0.05) is 0 Å². The third-order valence-corrected chi connectivity index (χ3v) is 3.71. The summed E-state index contributed by atoms with van der Waals surface area (Å²) in [5.41, 5.74) is 5.32. The molecule has 1 fully saturated rings. The molecule has 0 aromatic carbocycles. The summed E-state index contributed by atoms with van der Waals surface area (Å²) in [6, 6.07) is 0.559. The fraction of sp³-hybridized carbons (Fsp3) is 0.692. The fourth-order valence-electron chi connectivity index (χ4n) is 2.57. The molecule has 1 heterocycles. The molecule has 1 aliphatic rings. The minimum Gasteiger partial charge on any atom is -0.369 e. The Morgan fingerprint density at radius 3 is 2.78 bits per heavy atom. The number of carbonyl (C=O) groups is 1. The highest BCUT2D eigenvalue weighted by Gasteiger charge is 2.23. The first-order chi connectivity index (χ1) is 8.75. The number of nitrogens with two attached hydrogens (primary N) is 1. The van der Waals surface area contributed by atoms with Crippen molar-refractivity contribution >= 4 is 5.91 Å². The van der Waals surface area contributed by atoms with Crippen LogP contribution in [0, 0.1) is 5.92 Å². The van der Waals surface area contributed by atoms with Crippen LogP contribution in [0.3, 0.4) is 0 Å². The van der Waals surface area contributed by atoms with Crippen molar-refractivity contribution < 1.29 is 4.79 Å². The van der Waals surface area contributed by atoms with Crippen LogP contribution in [-0.4, -0.2) is 28.0 Å². The van der Waals surface area contributed by atoms with Gasteiger partial charge in [-0.15, -0.1) is 0 Å². The van der Waals surface area contributed by atoms with Crippen LogP contribution >= 0.6 is 0 Å². The summed E-state index contributed by atoms with van der Waals surface area (Å²) in [6.45, 7) is 2.02. The minimum atomic E-state index is -0.131. The number of aryl methyl sites for hydroxylation is 1. The van der Waals surface area contributed by atoms with E-state index in [0.29, 0.717) is 6.04 Å². The molecule has 0 spiro atoms. The van der Waals surface area contributed by atoms with Crippen molar-refractivity contribution in [2.75, 3.05) is 6.54 Å². The molecular weight excluding hydrogens is 228 g/mol. The van der Waals surface area contributed by atoms with E-state index in [1.807, 2.05) is 12.5 Å². The van der Waals surface area contributed by atoms with E-state index in [-0.39, 0.29) is 11.8 Å². The third kappa shape index (κ3) is 3.84. The summed E-state index contributed by atoms with van der Waals surface area (Å²) in [6.07, 6.45) is 10.8. The normalized spacial score (nSPS) is 24.0. The first-order valence-electron chi connectivity index (χ1n) is 6.74. The predicted molar refractivity (Wildman–Crippen MR) is 69.8 cm³/mol. The van der Waals surface area contributed by atoms with E-state index in [1.54, 1.807) is 6.20 Å². The van der Waals surface area contributed by atoms with Crippen molar-refractivity contribution in [3.8, 4) is 0 Å². The van der Waals surface area contributed by atoms with Crippen LogP contribution < -0.4 is 11.1 Å². The molecule has 0 atom stereocenters. The van der Waals surface area contributed by atoms with Crippen LogP contribution in [0.25, 0.3) is 0 Å². The average molecular weight is 250 g/mol. The van der Waals surface area contributed by atoms with Gasteiger partial charge in [0, 0.05) is 30.9 Å². The van der Waals surface area contributed by atoms with Crippen LogP contribution in [0.4, 0.5) is 0 Å². The zero-order chi connectivity index (χ0) is 12.8. The number of hydrogen-bond donors (Lipinski definition) is 2. The summed E-state index contributed by atoms with van der Waals surface area (Å²) in [7, 11) is 0. The molecule has 100 valence electrons. The Hall–Kier alpha value is -1.36. The first-order valence-corrected chi connectivity index (χ1v) is 6.74. The Bertz CT molecular complexity index is 355. The number of rotatable bonds is 6. The molecule has 1 saturated carbocycles. The highest BCUT2D eigenvalue weighted by molar-refractivity contribution is 5.76. The van der Waals surface area contributed by atoms with Gasteiger partial charge in [0.1, 0.15) is 0 Å². The zero-order valence-corrected chi connectivity index (χ0v) is 10.7. The monoisotopic (exact) mass is 250 g/mol. The zero-order valence-electron chi connectivity index (χ0n) is 10.7. The molecule has 0 bridgehead atoms. The molecule has 1 aliphatic carbocycles. The number of aromatic nitrogens is 2. The van der Waals surface area contributed by atoms with Crippen molar-refractivity contribution in [2.24, 2.45) is 11.7 Å². The topological polar surface area (TPSA) is 72.9 Å². The fourth-order valence-corrected chi connectivity index (χ4v) is 2.57. The maximum absolute atomic E-state index is 11.0. The van der Waals surface area contributed by atoms with Gasteiger partial charge in [-0.25, -0.2) is 4.98 Å². The van der Waals surface area contributed by atoms with Crippen LogP contribution in [0.1, 0.15) is 32.1 Å². The maximum Gasteiger partial charge on any atom is 0.220 e. The minimum absolute atomic E-state index is 0.106. The molecule has 5 heteroatoms. The second-order valence-electron chi connectivity index (χ2n) is 5.06. The van der Waals surface area contributed by atoms with Crippen LogP contribution in [0.15, 0.2) is 18.7 Å². The van der Waals surface area contributed by atoms with E-state index >= 15 is 0 Å². The molecule has 3 N–H and O–H groups in total. The lowest BCUT2D eigenvalue weighted by atomic mass is 9.85. The van der Waals surface area contributed by atoms with E-state index in [9.17, 15) is 4.79 Å². The number of primary amides is 1. The standard InChI is InChI=1S/C13H22N4O/c14-13(18)11-2-4-12(5-3-11)16-6-1-8-17-9-7-15-10-17/h7,9-12,16H,1-6,8H2,(H2,14,18). The van der Waals surface area contributed by atoms with Gasteiger partial charge >= 0.3 is 0 Å². The van der Waals surface area contributed by atoms with Crippen LogP contribution in [0.2, 0.25) is 0 Å². The number of imidazole rings is 1. The molecule has 0 aliphatic heterocycles. The Balaban J connectivity index is 1.57. The number of amides is 1. The summed E-state index contributed by atoms with van der Waals surface area (Å²) in [5, 5.41) is 3.56. The molecular formula is C13H22N4O. The second-order valence-corrected chi connectivity index (χ2v) is 5.06. The van der Waals surface area contributed by atoms with Gasteiger partial charge in [-0.3, -0.25) is 4.79 Å². The van der Waals surface area contributed by atoms with Gasteiger partial charge in [0.2, 0.25) is 5.91 Å². The quantitative estimate of drug-likeness (QED) is 0.737. The Morgan fingerprint density at radius 1 is 1.39 bits per heavy atom. The van der Waals surface area contributed by atoms with E-state index in [0.717, 1.165) is 45.2 Å². The highest BCUT2D eigenvalue weighted by Crippen LogP contribution is 2.23. The Labute approximate surface area is 108 Å². The molecule has 0 radical (unpaired) electrons. The van der Waals surface area contributed by atoms with E-state index in [2.05, 4.69) is 14.9 Å². The molecule has 1 aromatic rings. The van der Waals surface area contributed by atoms with Crippen molar-refractivity contribution in [1.29, 1.82) is 0 Å². The van der Waals surface area contributed by atoms with Crippen molar-refractivity contribution in [2.45, 2.75) is 44.7 Å². The van der Waals surface area contributed by atoms with Gasteiger partial charge in [-0.2, -0.15) is 0 Å². The molecule has 1 aromatic heterocycles. The number of nitrogens with one attached hydrogen (secondary N) is 1. The number of carbonyl (C=O) groups excluding carboxylic acids is 1. The Kier molecular flexibility index (Phi) is 4.75. The number of hydrogen-bond acceptors (Lipinski definition) is 3. The first kappa shape index (κ1) is 13.1. The third-order valence-electron chi connectivity index (χ3n) is 3.71. The second kappa shape index (κ2) is 6.54. The van der Waals surface area contributed by atoms with Crippen LogP contribution in [0.5, 0.6) is 0 Å². The van der Waals surface area contributed by atoms with E-state index in [4.69, 9.17) is 5.73 Å². The highest BCUT2D eigenvalue weighted by atomic mass is 16.1. The van der Waals surface area contributed by atoms with E-state index < -0.39 is 0 Å². The lowest BCUT2D eigenvalue weighted by molar-refractivity contribution is -0.122. The lowest BCUT2D eigenvalue weighted by Crippen LogP contribution is -2.37. The summed E-state index contributed by atoms with van der Waals surface area (Å²) < 4.78 is 2.09. The summed E-state index contributed by atoms with van der Waals surface area (Å²) >= 11 is 0. The van der Waals surface area contributed by atoms with Gasteiger partial charge in [0.05, 0.1) is 6.33 Å². The molecule has 2 rings (SSSR count). The van der Waals surface area contributed by atoms with Gasteiger partial charge in [0.25, 0.3) is 0 Å². The molecule has 0 saturated heterocycles.